The van der Waals surface area contributed by atoms with Gasteiger partial charge < -0.3 is 23.7 Å². The Labute approximate surface area is 184 Å². The molecule has 0 saturated carbocycles. The van der Waals surface area contributed by atoms with E-state index >= 15 is 0 Å². The van der Waals surface area contributed by atoms with Gasteiger partial charge in [0, 0.05) is 11.6 Å². The van der Waals surface area contributed by atoms with Gasteiger partial charge in [0.1, 0.15) is 17.2 Å². The monoisotopic (exact) mass is 432 g/mol. The molecule has 0 aromatic heterocycles. The van der Waals surface area contributed by atoms with Gasteiger partial charge in [-0.3, -0.25) is 4.79 Å². The Balaban J connectivity index is 1.55. The lowest BCUT2D eigenvalue weighted by atomic mass is 10.1. The second kappa shape index (κ2) is 8.85. The molecule has 3 aromatic carbocycles. The van der Waals surface area contributed by atoms with E-state index in [0.29, 0.717) is 34.1 Å². The summed E-state index contributed by atoms with van der Waals surface area (Å²) in [7, 11) is 4.55. The van der Waals surface area contributed by atoms with E-state index in [2.05, 4.69) is 0 Å². The van der Waals surface area contributed by atoms with Crippen molar-refractivity contribution in [3.8, 4) is 28.7 Å². The number of rotatable bonds is 6. The lowest BCUT2D eigenvalue weighted by Gasteiger charge is -2.10. The molecular formula is C25H20O7. The number of carbonyl (C=O) groups excluding carboxylic acids is 2. The highest BCUT2D eigenvalue weighted by atomic mass is 16.5. The zero-order valence-electron chi connectivity index (χ0n) is 17.7. The van der Waals surface area contributed by atoms with Gasteiger partial charge in [-0.15, -0.1) is 0 Å². The van der Waals surface area contributed by atoms with E-state index in [-0.39, 0.29) is 22.9 Å². The van der Waals surface area contributed by atoms with Gasteiger partial charge in [-0.05, 0) is 42.5 Å². The van der Waals surface area contributed by atoms with Crippen LogP contribution in [0, 0.1) is 0 Å². The fraction of sp³-hybridized carbons (Fsp3) is 0.120. The summed E-state index contributed by atoms with van der Waals surface area (Å²) >= 11 is 0. The van der Waals surface area contributed by atoms with Crippen molar-refractivity contribution in [2.45, 2.75) is 0 Å². The van der Waals surface area contributed by atoms with Crippen molar-refractivity contribution in [1.29, 1.82) is 0 Å². The van der Waals surface area contributed by atoms with E-state index in [1.54, 1.807) is 43.5 Å². The van der Waals surface area contributed by atoms with E-state index in [4.69, 9.17) is 23.7 Å². The predicted molar refractivity (Wildman–Crippen MR) is 117 cm³/mol. The molecule has 7 nitrogen and oxygen atoms in total. The molecular weight excluding hydrogens is 412 g/mol. The Hall–Kier alpha value is -4.26. The fourth-order valence-corrected chi connectivity index (χ4v) is 3.29. The highest BCUT2D eigenvalue weighted by molar-refractivity contribution is 6.14. The summed E-state index contributed by atoms with van der Waals surface area (Å²) in [4.78, 5) is 25.3. The molecule has 0 aliphatic carbocycles. The van der Waals surface area contributed by atoms with Crippen LogP contribution in [0.3, 0.4) is 0 Å². The molecule has 0 unspecified atom stereocenters. The lowest BCUT2D eigenvalue weighted by molar-refractivity contribution is 0.0734. The van der Waals surface area contributed by atoms with E-state index in [1.165, 1.54) is 26.4 Å². The SMILES string of the molecule is COc1ccccc1C=C1Oc2cc(OC(=O)c3ccc(OC)c(OC)c3)ccc2C1=O. The maximum atomic E-state index is 12.7. The first-order chi connectivity index (χ1) is 15.5. The zero-order valence-corrected chi connectivity index (χ0v) is 17.7. The number of fused-ring (bicyclic) bond motifs is 1. The topological polar surface area (TPSA) is 80.3 Å². The van der Waals surface area contributed by atoms with Gasteiger partial charge in [-0.1, -0.05) is 18.2 Å². The highest BCUT2D eigenvalue weighted by Crippen LogP contribution is 2.36. The molecule has 0 radical (unpaired) electrons. The van der Waals surface area contributed by atoms with Crippen molar-refractivity contribution >= 4 is 17.8 Å². The van der Waals surface area contributed by atoms with Crippen LogP contribution in [-0.2, 0) is 0 Å². The summed E-state index contributed by atoms with van der Waals surface area (Å²) in [5.74, 6) is 1.41. The van der Waals surface area contributed by atoms with Gasteiger partial charge >= 0.3 is 5.97 Å². The summed E-state index contributed by atoms with van der Waals surface area (Å²) in [6.45, 7) is 0. The van der Waals surface area contributed by atoms with Crippen molar-refractivity contribution in [2.75, 3.05) is 21.3 Å². The van der Waals surface area contributed by atoms with Gasteiger partial charge in [-0.2, -0.15) is 0 Å². The molecule has 4 rings (SSSR count). The summed E-state index contributed by atoms with van der Waals surface area (Å²) in [6, 6.07) is 16.6. The second-order valence-corrected chi connectivity index (χ2v) is 6.80. The van der Waals surface area contributed by atoms with Crippen molar-refractivity contribution in [2.24, 2.45) is 0 Å². The number of carbonyl (C=O) groups is 2. The van der Waals surface area contributed by atoms with Gasteiger partial charge in [-0.25, -0.2) is 4.79 Å². The molecule has 0 N–H and O–H groups in total. The third-order valence-corrected chi connectivity index (χ3v) is 4.90. The summed E-state index contributed by atoms with van der Waals surface area (Å²) in [5, 5.41) is 0. The number of ketones is 1. The number of allylic oxidation sites excluding steroid dienone is 1. The smallest absolute Gasteiger partial charge is 0.343 e. The van der Waals surface area contributed by atoms with Crippen LogP contribution in [0.15, 0.2) is 66.4 Å². The molecule has 1 aliphatic rings. The molecule has 7 heteroatoms. The molecule has 0 bridgehead atoms. The van der Waals surface area contributed by atoms with E-state index in [1.807, 2.05) is 18.2 Å². The number of hydrogen-bond acceptors (Lipinski definition) is 7. The number of Topliss-reactive ketones (excluding diaryl/α,β-unsaturated/α-hetero) is 1. The second-order valence-electron chi connectivity index (χ2n) is 6.80. The minimum atomic E-state index is -0.583. The summed E-state index contributed by atoms with van der Waals surface area (Å²) < 4.78 is 26.9. The van der Waals surface area contributed by atoms with Crippen LogP contribution in [0.5, 0.6) is 28.7 Å². The zero-order chi connectivity index (χ0) is 22.7. The van der Waals surface area contributed by atoms with Crippen LogP contribution >= 0.6 is 0 Å². The molecule has 3 aromatic rings. The Morgan fingerprint density at radius 2 is 1.59 bits per heavy atom. The molecule has 0 fully saturated rings. The first-order valence-corrected chi connectivity index (χ1v) is 9.69. The maximum absolute atomic E-state index is 12.7. The third kappa shape index (κ3) is 4.00. The van der Waals surface area contributed by atoms with Crippen LogP contribution in [0.1, 0.15) is 26.3 Å². The van der Waals surface area contributed by atoms with Crippen molar-refractivity contribution in [1.82, 2.24) is 0 Å². The number of ether oxygens (including phenoxy) is 5. The Kier molecular flexibility index (Phi) is 5.81. The summed E-state index contributed by atoms with van der Waals surface area (Å²) in [6.07, 6.45) is 1.62. The van der Waals surface area contributed by atoms with Crippen LogP contribution in [0.4, 0.5) is 0 Å². The Bertz CT molecular complexity index is 1230. The molecule has 162 valence electrons. The van der Waals surface area contributed by atoms with Crippen LogP contribution in [-0.4, -0.2) is 33.1 Å². The number of esters is 1. The van der Waals surface area contributed by atoms with Gasteiger partial charge in [0.2, 0.25) is 5.78 Å². The average molecular weight is 432 g/mol. The molecule has 0 spiro atoms. The average Bonchev–Trinajstić information content (AvgIpc) is 3.13. The van der Waals surface area contributed by atoms with E-state index in [9.17, 15) is 9.59 Å². The quantitative estimate of drug-likeness (QED) is 0.321. The lowest BCUT2D eigenvalue weighted by Crippen LogP contribution is -2.09. The maximum Gasteiger partial charge on any atom is 0.343 e. The molecule has 1 aliphatic heterocycles. The summed E-state index contributed by atoms with van der Waals surface area (Å²) in [5.41, 5.74) is 1.39. The van der Waals surface area contributed by atoms with E-state index < -0.39 is 5.97 Å². The molecule has 0 atom stereocenters. The number of methoxy groups -OCH3 is 3. The first-order valence-electron chi connectivity index (χ1n) is 9.69. The van der Waals surface area contributed by atoms with E-state index in [0.717, 1.165) is 0 Å². The fourth-order valence-electron chi connectivity index (χ4n) is 3.29. The van der Waals surface area contributed by atoms with Crippen LogP contribution < -0.4 is 23.7 Å². The van der Waals surface area contributed by atoms with Crippen LogP contribution in [0.25, 0.3) is 6.08 Å². The van der Waals surface area contributed by atoms with Crippen molar-refractivity contribution in [3.63, 3.8) is 0 Å². The minimum absolute atomic E-state index is 0.160. The number of benzene rings is 3. The number of hydrogen-bond donors (Lipinski definition) is 0. The number of para-hydroxylation sites is 1. The van der Waals surface area contributed by atoms with Crippen LogP contribution in [0.2, 0.25) is 0 Å². The molecule has 0 amide bonds. The predicted octanol–water partition coefficient (Wildman–Crippen LogP) is 4.55. The third-order valence-electron chi connectivity index (χ3n) is 4.90. The molecule has 1 heterocycles. The Morgan fingerprint density at radius 1 is 0.844 bits per heavy atom. The Morgan fingerprint density at radius 3 is 2.34 bits per heavy atom. The standard InChI is InChI=1S/C25H20O7/c1-28-19-7-5-4-6-15(19)12-23-24(26)18-10-9-17(14-21(18)32-23)31-25(27)16-8-11-20(29-2)22(13-16)30-3/h4-14H,1-3H3. The van der Waals surface area contributed by atoms with Crippen molar-refractivity contribution < 1.29 is 33.3 Å². The molecule has 32 heavy (non-hydrogen) atoms. The highest BCUT2D eigenvalue weighted by Gasteiger charge is 2.28. The van der Waals surface area contributed by atoms with Gasteiger partial charge in [0.25, 0.3) is 0 Å². The normalized spacial score (nSPS) is 13.3. The van der Waals surface area contributed by atoms with Gasteiger partial charge in [0.05, 0.1) is 32.5 Å². The van der Waals surface area contributed by atoms with Gasteiger partial charge in [0.15, 0.2) is 17.3 Å². The molecule has 0 saturated heterocycles. The first kappa shape index (κ1) is 21.0. The minimum Gasteiger partial charge on any atom is -0.496 e. The van der Waals surface area contributed by atoms with Crippen molar-refractivity contribution in [3.05, 3.63) is 83.1 Å². The largest absolute Gasteiger partial charge is 0.496 e.